The summed E-state index contributed by atoms with van der Waals surface area (Å²) in [6.07, 6.45) is 1.39. The molecule has 76 valence electrons. The minimum absolute atomic E-state index is 0.371. The van der Waals surface area contributed by atoms with Crippen LogP contribution in [0.5, 0.6) is 0 Å². The molecule has 0 aliphatic carbocycles. The third kappa shape index (κ3) is 2.58. The summed E-state index contributed by atoms with van der Waals surface area (Å²) >= 11 is 0. The van der Waals surface area contributed by atoms with Gasteiger partial charge in [-0.3, -0.25) is 0 Å². The van der Waals surface area contributed by atoms with Crippen LogP contribution in [-0.4, -0.2) is 0 Å². The zero-order valence-corrected chi connectivity index (χ0v) is 9.12. The van der Waals surface area contributed by atoms with E-state index >= 15 is 0 Å². The van der Waals surface area contributed by atoms with Gasteiger partial charge in [-0.15, -0.1) is 0 Å². The summed E-state index contributed by atoms with van der Waals surface area (Å²) in [6.45, 7) is 4.22. The van der Waals surface area contributed by atoms with Crippen LogP contribution in [0, 0.1) is 22.7 Å². The molecule has 0 saturated carbocycles. The van der Waals surface area contributed by atoms with E-state index in [1.807, 2.05) is 18.2 Å². The minimum atomic E-state index is 0.371. The number of nitriles is 2. The van der Waals surface area contributed by atoms with Gasteiger partial charge in [0.15, 0.2) is 0 Å². The first-order valence-electron chi connectivity index (χ1n) is 5.12. The van der Waals surface area contributed by atoms with Gasteiger partial charge in [0.1, 0.15) is 0 Å². The van der Waals surface area contributed by atoms with Crippen LogP contribution < -0.4 is 0 Å². The lowest BCUT2D eigenvalue weighted by molar-refractivity contribution is 0.731. The molecular formula is C13H14N2. The fourth-order valence-corrected chi connectivity index (χ4v) is 1.55. The van der Waals surface area contributed by atoms with Gasteiger partial charge in [0.25, 0.3) is 0 Å². The first kappa shape index (κ1) is 11.3. The molecule has 1 aromatic carbocycles. The van der Waals surface area contributed by atoms with Gasteiger partial charge >= 0.3 is 0 Å². The molecular weight excluding hydrogens is 184 g/mol. The van der Waals surface area contributed by atoms with Gasteiger partial charge in [0.2, 0.25) is 0 Å². The Morgan fingerprint density at radius 1 is 1.33 bits per heavy atom. The summed E-state index contributed by atoms with van der Waals surface area (Å²) in [5.74, 6) is 0.399. The van der Waals surface area contributed by atoms with E-state index in [0.717, 1.165) is 17.5 Å². The van der Waals surface area contributed by atoms with Crippen LogP contribution in [0.4, 0.5) is 0 Å². The first-order valence-corrected chi connectivity index (χ1v) is 5.12. The lowest BCUT2D eigenvalue weighted by atomic mass is 9.92. The SMILES string of the molecule is CCC(C)c1ccc(CC#N)cc1C#N. The second-order valence-electron chi connectivity index (χ2n) is 3.68. The van der Waals surface area contributed by atoms with E-state index in [4.69, 9.17) is 10.5 Å². The number of benzene rings is 1. The third-order valence-electron chi connectivity index (χ3n) is 2.66. The average molecular weight is 198 g/mol. The molecule has 15 heavy (non-hydrogen) atoms. The second-order valence-corrected chi connectivity index (χ2v) is 3.68. The van der Waals surface area contributed by atoms with E-state index < -0.39 is 0 Å². The number of rotatable bonds is 3. The standard InChI is InChI=1S/C13H14N2/c1-3-10(2)13-5-4-11(6-7-14)8-12(13)9-15/h4-5,8,10H,3,6H2,1-2H3. The largest absolute Gasteiger partial charge is 0.198 e. The van der Waals surface area contributed by atoms with Crippen molar-refractivity contribution in [2.24, 2.45) is 0 Å². The van der Waals surface area contributed by atoms with E-state index in [-0.39, 0.29) is 0 Å². The maximum absolute atomic E-state index is 9.02. The van der Waals surface area contributed by atoms with Crippen molar-refractivity contribution in [3.63, 3.8) is 0 Å². The van der Waals surface area contributed by atoms with Gasteiger partial charge < -0.3 is 0 Å². The molecule has 0 N–H and O–H groups in total. The topological polar surface area (TPSA) is 47.6 Å². The minimum Gasteiger partial charge on any atom is -0.198 e. The van der Waals surface area contributed by atoms with E-state index in [1.165, 1.54) is 0 Å². The Morgan fingerprint density at radius 2 is 2.07 bits per heavy atom. The number of hydrogen-bond acceptors (Lipinski definition) is 2. The van der Waals surface area contributed by atoms with Crippen molar-refractivity contribution in [2.45, 2.75) is 32.6 Å². The first-order chi connectivity index (χ1) is 7.22. The predicted molar refractivity (Wildman–Crippen MR) is 59.2 cm³/mol. The molecule has 0 aromatic heterocycles. The van der Waals surface area contributed by atoms with E-state index in [0.29, 0.717) is 17.9 Å². The lowest BCUT2D eigenvalue weighted by Crippen LogP contribution is -1.97. The predicted octanol–water partition coefficient (Wildman–Crippen LogP) is 3.14. The van der Waals surface area contributed by atoms with Gasteiger partial charge in [-0.1, -0.05) is 26.0 Å². The van der Waals surface area contributed by atoms with Crippen LogP contribution in [0.1, 0.15) is 42.9 Å². The summed E-state index contributed by atoms with van der Waals surface area (Å²) in [7, 11) is 0. The van der Waals surface area contributed by atoms with E-state index in [9.17, 15) is 0 Å². The highest BCUT2D eigenvalue weighted by Crippen LogP contribution is 2.23. The van der Waals surface area contributed by atoms with Gasteiger partial charge in [-0.25, -0.2) is 0 Å². The molecule has 0 fully saturated rings. The Morgan fingerprint density at radius 3 is 2.60 bits per heavy atom. The highest BCUT2D eigenvalue weighted by molar-refractivity contribution is 5.43. The summed E-state index contributed by atoms with van der Waals surface area (Å²) < 4.78 is 0. The molecule has 1 atom stereocenters. The smallest absolute Gasteiger partial charge is 0.0994 e. The molecule has 0 aliphatic heterocycles. The van der Waals surface area contributed by atoms with Gasteiger partial charge in [-0.05, 0) is 29.5 Å². The third-order valence-corrected chi connectivity index (χ3v) is 2.66. The highest BCUT2D eigenvalue weighted by Gasteiger charge is 2.09. The molecule has 1 aromatic rings. The Balaban J connectivity index is 3.12. The molecule has 1 unspecified atom stereocenters. The zero-order chi connectivity index (χ0) is 11.3. The Hall–Kier alpha value is -1.80. The van der Waals surface area contributed by atoms with Crippen molar-refractivity contribution in [3.05, 3.63) is 34.9 Å². The zero-order valence-electron chi connectivity index (χ0n) is 9.12. The normalized spacial score (nSPS) is 11.5. The molecule has 0 bridgehead atoms. The van der Waals surface area contributed by atoms with Crippen molar-refractivity contribution in [3.8, 4) is 12.1 Å². The van der Waals surface area contributed by atoms with Crippen molar-refractivity contribution >= 4 is 0 Å². The van der Waals surface area contributed by atoms with Gasteiger partial charge in [0, 0.05) is 0 Å². The van der Waals surface area contributed by atoms with Crippen LogP contribution in [0.3, 0.4) is 0 Å². The quantitative estimate of drug-likeness (QED) is 0.749. The summed E-state index contributed by atoms with van der Waals surface area (Å²) in [5.41, 5.74) is 2.71. The Kier molecular flexibility index (Phi) is 3.89. The van der Waals surface area contributed by atoms with Gasteiger partial charge in [0.05, 0.1) is 24.1 Å². The molecule has 0 heterocycles. The number of nitrogens with zero attached hydrogens (tertiary/aromatic N) is 2. The molecule has 0 radical (unpaired) electrons. The van der Waals surface area contributed by atoms with Crippen LogP contribution in [0.25, 0.3) is 0 Å². The molecule has 0 aliphatic rings. The lowest BCUT2D eigenvalue weighted by Gasteiger charge is -2.11. The Bertz CT molecular complexity index is 421. The summed E-state index contributed by atoms with van der Waals surface area (Å²) in [5, 5.41) is 17.6. The molecule has 2 heteroatoms. The van der Waals surface area contributed by atoms with Gasteiger partial charge in [-0.2, -0.15) is 10.5 Å². The summed E-state index contributed by atoms with van der Waals surface area (Å²) in [4.78, 5) is 0. The van der Waals surface area contributed by atoms with Crippen molar-refractivity contribution in [2.75, 3.05) is 0 Å². The van der Waals surface area contributed by atoms with Crippen LogP contribution in [0.15, 0.2) is 18.2 Å². The Labute approximate surface area is 90.8 Å². The van der Waals surface area contributed by atoms with Crippen LogP contribution in [-0.2, 0) is 6.42 Å². The van der Waals surface area contributed by atoms with Crippen LogP contribution >= 0.6 is 0 Å². The van der Waals surface area contributed by atoms with E-state index in [1.54, 1.807) is 0 Å². The summed E-state index contributed by atoms with van der Waals surface area (Å²) in [6, 6.07) is 10.0. The van der Waals surface area contributed by atoms with Crippen molar-refractivity contribution in [1.29, 1.82) is 10.5 Å². The second kappa shape index (κ2) is 5.17. The highest BCUT2D eigenvalue weighted by atomic mass is 14.3. The average Bonchev–Trinajstić information content (AvgIpc) is 2.28. The molecule has 0 saturated heterocycles. The van der Waals surface area contributed by atoms with Crippen molar-refractivity contribution < 1.29 is 0 Å². The van der Waals surface area contributed by atoms with Crippen LogP contribution in [0.2, 0.25) is 0 Å². The van der Waals surface area contributed by atoms with Crippen molar-refractivity contribution in [1.82, 2.24) is 0 Å². The maximum Gasteiger partial charge on any atom is 0.0994 e. The number of hydrogen-bond donors (Lipinski definition) is 0. The monoisotopic (exact) mass is 198 g/mol. The van der Waals surface area contributed by atoms with E-state index in [2.05, 4.69) is 26.0 Å². The maximum atomic E-state index is 9.02. The molecule has 2 nitrogen and oxygen atoms in total. The fraction of sp³-hybridized carbons (Fsp3) is 0.385. The molecule has 1 rings (SSSR count). The molecule has 0 spiro atoms. The fourth-order valence-electron chi connectivity index (χ4n) is 1.55. The molecule has 0 amide bonds.